The number of carbonyl (C=O) groups excluding carboxylic acids is 1. The number of amides is 1. The molecule has 1 amide bonds. The third-order valence-corrected chi connectivity index (χ3v) is 4.55. The standard InChI is InChI=1S/C20H15F3N6O2/c1-11-5-6-14(12-4-3-9-24-17(11)12)26-19(30)13-10-25-29(18(13)20(21,22)23)15-7-8-16(31-2)28-27-15/h3-10H,1-2H3,(H,26,30). The molecule has 0 fully saturated rings. The van der Waals surface area contributed by atoms with E-state index in [1.807, 2.05) is 6.92 Å². The summed E-state index contributed by atoms with van der Waals surface area (Å²) in [4.78, 5) is 17.1. The zero-order chi connectivity index (χ0) is 22.2. The minimum Gasteiger partial charge on any atom is -0.480 e. The Bertz CT molecular complexity index is 1270. The van der Waals surface area contributed by atoms with Crippen LogP contribution in [0.1, 0.15) is 21.6 Å². The summed E-state index contributed by atoms with van der Waals surface area (Å²) < 4.78 is 46.9. The van der Waals surface area contributed by atoms with Crippen molar-refractivity contribution in [1.82, 2.24) is 25.0 Å². The van der Waals surface area contributed by atoms with Crippen LogP contribution < -0.4 is 10.1 Å². The lowest BCUT2D eigenvalue weighted by atomic mass is 10.1. The minimum atomic E-state index is -4.87. The van der Waals surface area contributed by atoms with E-state index in [4.69, 9.17) is 4.74 Å². The maximum absolute atomic E-state index is 13.9. The summed E-state index contributed by atoms with van der Waals surface area (Å²) in [7, 11) is 1.35. The van der Waals surface area contributed by atoms with Crippen LogP contribution in [0, 0.1) is 6.92 Å². The number of alkyl halides is 3. The molecule has 0 spiro atoms. The minimum absolute atomic E-state index is 0.127. The van der Waals surface area contributed by atoms with Gasteiger partial charge in [0.1, 0.15) is 0 Å². The SMILES string of the molecule is COc1ccc(-n2ncc(C(=O)Nc3ccc(C)c4ncccc34)c2C(F)(F)F)nn1. The number of aromatic nitrogens is 5. The first-order chi connectivity index (χ1) is 14.8. The van der Waals surface area contributed by atoms with Gasteiger partial charge in [-0.15, -0.1) is 10.2 Å². The van der Waals surface area contributed by atoms with Crippen LogP contribution in [-0.2, 0) is 6.18 Å². The van der Waals surface area contributed by atoms with Gasteiger partial charge in [-0.05, 0) is 36.8 Å². The molecular weight excluding hydrogens is 413 g/mol. The van der Waals surface area contributed by atoms with Gasteiger partial charge in [0.25, 0.3) is 5.91 Å². The smallest absolute Gasteiger partial charge is 0.434 e. The molecule has 3 heterocycles. The molecule has 0 saturated heterocycles. The molecular formula is C20H15F3N6O2. The van der Waals surface area contributed by atoms with Gasteiger partial charge in [0.05, 0.1) is 30.1 Å². The van der Waals surface area contributed by atoms with Gasteiger partial charge in [-0.2, -0.15) is 18.3 Å². The summed E-state index contributed by atoms with van der Waals surface area (Å²) in [5.74, 6) is -1.05. The van der Waals surface area contributed by atoms with Crippen LogP contribution in [-0.4, -0.2) is 38.0 Å². The fourth-order valence-electron chi connectivity index (χ4n) is 3.11. The van der Waals surface area contributed by atoms with Crippen LogP contribution in [0.3, 0.4) is 0 Å². The number of pyridine rings is 1. The van der Waals surface area contributed by atoms with Gasteiger partial charge >= 0.3 is 6.18 Å². The van der Waals surface area contributed by atoms with Crippen LogP contribution >= 0.6 is 0 Å². The number of benzene rings is 1. The maximum atomic E-state index is 13.9. The Morgan fingerprint density at radius 2 is 1.94 bits per heavy atom. The van der Waals surface area contributed by atoms with Gasteiger partial charge in [-0.1, -0.05) is 6.07 Å². The summed E-state index contributed by atoms with van der Waals surface area (Å²) >= 11 is 0. The average Bonchev–Trinajstić information content (AvgIpc) is 3.22. The van der Waals surface area contributed by atoms with E-state index in [-0.39, 0.29) is 11.7 Å². The molecule has 0 atom stereocenters. The highest BCUT2D eigenvalue weighted by atomic mass is 19.4. The fraction of sp³-hybridized carbons (Fsp3) is 0.150. The fourth-order valence-corrected chi connectivity index (χ4v) is 3.11. The summed E-state index contributed by atoms with van der Waals surface area (Å²) in [5.41, 5.74) is -0.0680. The summed E-state index contributed by atoms with van der Waals surface area (Å²) in [6, 6.07) is 9.35. The first kappa shape index (κ1) is 20.3. The molecule has 11 heteroatoms. The van der Waals surface area contributed by atoms with Crippen molar-refractivity contribution in [2.75, 3.05) is 12.4 Å². The Morgan fingerprint density at radius 1 is 1.13 bits per heavy atom. The number of rotatable bonds is 4. The van der Waals surface area contributed by atoms with Crippen LogP contribution in [0.15, 0.2) is 48.8 Å². The monoisotopic (exact) mass is 428 g/mol. The van der Waals surface area contributed by atoms with Crippen molar-refractivity contribution in [1.29, 1.82) is 0 Å². The van der Waals surface area contributed by atoms with Crippen molar-refractivity contribution in [2.45, 2.75) is 13.1 Å². The van der Waals surface area contributed by atoms with Crippen molar-refractivity contribution in [3.8, 4) is 11.7 Å². The molecule has 0 aliphatic heterocycles. The number of ether oxygens (including phenoxy) is 1. The van der Waals surface area contributed by atoms with E-state index in [1.54, 1.807) is 30.5 Å². The summed E-state index contributed by atoms with van der Waals surface area (Å²) in [6.07, 6.45) is -2.43. The number of methoxy groups -OCH3 is 1. The predicted molar refractivity (Wildman–Crippen MR) is 105 cm³/mol. The molecule has 31 heavy (non-hydrogen) atoms. The number of nitrogens with zero attached hydrogens (tertiary/aromatic N) is 5. The zero-order valence-corrected chi connectivity index (χ0v) is 16.3. The Morgan fingerprint density at radius 3 is 2.61 bits per heavy atom. The third kappa shape index (κ3) is 3.77. The first-order valence-corrected chi connectivity index (χ1v) is 8.98. The van der Waals surface area contributed by atoms with Crippen molar-refractivity contribution in [2.24, 2.45) is 0 Å². The maximum Gasteiger partial charge on any atom is 0.434 e. The molecule has 8 nitrogen and oxygen atoms in total. The highest BCUT2D eigenvalue weighted by Gasteiger charge is 2.41. The van der Waals surface area contributed by atoms with Crippen LogP contribution in [0.4, 0.5) is 18.9 Å². The van der Waals surface area contributed by atoms with Crippen LogP contribution in [0.5, 0.6) is 5.88 Å². The van der Waals surface area contributed by atoms with E-state index in [0.717, 1.165) is 11.8 Å². The lowest BCUT2D eigenvalue weighted by Gasteiger charge is -2.13. The van der Waals surface area contributed by atoms with E-state index in [0.29, 0.717) is 21.3 Å². The van der Waals surface area contributed by atoms with Crippen LogP contribution in [0.25, 0.3) is 16.7 Å². The van der Waals surface area contributed by atoms with Gasteiger partial charge in [-0.3, -0.25) is 9.78 Å². The number of carbonyl (C=O) groups is 1. The quantitative estimate of drug-likeness (QED) is 0.531. The van der Waals surface area contributed by atoms with Crippen LogP contribution in [0.2, 0.25) is 0 Å². The first-order valence-electron chi connectivity index (χ1n) is 8.98. The molecule has 0 unspecified atom stereocenters. The molecule has 0 saturated carbocycles. The molecule has 1 aromatic carbocycles. The Hall–Kier alpha value is -4.02. The number of anilines is 1. The largest absolute Gasteiger partial charge is 0.480 e. The van der Waals surface area contributed by atoms with Gasteiger partial charge < -0.3 is 10.1 Å². The molecule has 1 N–H and O–H groups in total. The number of fused-ring (bicyclic) bond motifs is 1. The zero-order valence-electron chi connectivity index (χ0n) is 16.3. The highest BCUT2D eigenvalue weighted by Crippen LogP contribution is 2.34. The molecule has 4 rings (SSSR count). The second-order valence-corrected chi connectivity index (χ2v) is 6.53. The van der Waals surface area contributed by atoms with Gasteiger partial charge in [0, 0.05) is 17.6 Å². The second-order valence-electron chi connectivity index (χ2n) is 6.53. The molecule has 158 valence electrons. The molecule has 0 bridgehead atoms. The number of nitrogens with one attached hydrogen (secondary N) is 1. The number of aryl methyl sites for hydroxylation is 1. The van der Waals surface area contributed by atoms with E-state index >= 15 is 0 Å². The van der Waals surface area contributed by atoms with E-state index < -0.39 is 23.3 Å². The molecule has 4 aromatic rings. The lowest BCUT2D eigenvalue weighted by Crippen LogP contribution is -2.21. The van der Waals surface area contributed by atoms with E-state index in [2.05, 4.69) is 25.6 Å². The Kier molecular flexibility index (Phi) is 5.01. The lowest BCUT2D eigenvalue weighted by molar-refractivity contribution is -0.143. The highest BCUT2D eigenvalue weighted by molar-refractivity contribution is 6.09. The van der Waals surface area contributed by atoms with E-state index in [1.165, 1.54) is 19.2 Å². The second kappa shape index (κ2) is 7.67. The van der Waals surface area contributed by atoms with Crippen molar-refractivity contribution >= 4 is 22.5 Å². The molecule has 0 aliphatic rings. The van der Waals surface area contributed by atoms with Gasteiger partial charge in [0.15, 0.2) is 11.5 Å². The van der Waals surface area contributed by atoms with Gasteiger partial charge in [-0.25, -0.2) is 4.68 Å². The Balaban J connectivity index is 1.75. The Labute approximate surface area is 173 Å². The topological polar surface area (TPSA) is 94.8 Å². The molecule has 0 radical (unpaired) electrons. The van der Waals surface area contributed by atoms with Crippen molar-refractivity contribution < 1.29 is 22.7 Å². The van der Waals surface area contributed by atoms with Gasteiger partial charge in [0.2, 0.25) is 5.88 Å². The number of halogens is 3. The summed E-state index contributed by atoms with van der Waals surface area (Å²) in [6.45, 7) is 1.85. The predicted octanol–water partition coefficient (Wildman–Crippen LogP) is 3.80. The normalized spacial score (nSPS) is 11.5. The average molecular weight is 428 g/mol. The third-order valence-electron chi connectivity index (χ3n) is 4.55. The number of hydrogen-bond donors (Lipinski definition) is 1. The van der Waals surface area contributed by atoms with Crippen molar-refractivity contribution in [3.05, 3.63) is 65.6 Å². The molecule has 3 aromatic heterocycles. The molecule has 0 aliphatic carbocycles. The van der Waals surface area contributed by atoms with Crippen molar-refractivity contribution in [3.63, 3.8) is 0 Å². The summed E-state index contributed by atoms with van der Waals surface area (Å²) in [5, 5.41) is 14.2. The van der Waals surface area contributed by atoms with E-state index in [9.17, 15) is 18.0 Å². The number of hydrogen-bond acceptors (Lipinski definition) is 6.